The van der Waals surface area contributed by atoms with Gasteiger partial charge in [0.25, 0.3) is 0 Å². The molecule has 0 radical (unpaired) electrons. The number of methoxy groups -OCH3 is 1. The fraction of sp³-hybridized carbons (Fsp3) is 0.353. The average molecular weight is 677 g/mol. The highest BCUT2D eigenvalue weighted by molar-refractivity contribution is 6.25. The normalized spacial score (nSPS) is 28.8. The molecule has 1 fully saturated rings. The molecule has 4 heterocycles. The number of aromatic amines is 1. The van der Waals surface area contributed by atoms with Crippen molar-refractivity contribution in [3.8, 4) is 11.5 Å². The molecule has 1 saturated heterocycles. The summed E-state index contributed by atoms with van der Waals surface area (Å²) in [7, 11) is 1.41. The van der Waals surface area contributed by atoms with Crippen LogP contribution < -0.4 is 5.43 Å². The highest BCUT2D eigenvalue weighted by Gasteiger charge is 2.49. The van der Waals surface area contributed by atoms with Gasteiger partial charge in [0.2, 0.25) is 6.23 Å². The van der Waals surface area contributed by atoms with Crippen LogP contribution in [0, 0.1) is 5.21 Å². The predicted octanol–water partition coefficient (Wildman–Crippen LogP) is 1.62. The molecular formula is C34H36N4O11. The summed E-state index contributed by atoms with van der Waals surface area (Å²) in [6.45, 7) is -1.19. The first kappa shape index (κ1) is 32.0. The Morgan fingerprint density at radius 3 is 2.45 bits per heavy atom. The van der Waals surface area contributed by atoms with Gasteiger partial charge < -0.3 is 64.7 Å². The standard InChI is InChI=1S/C34H36N4O11/c1-47-34-27-21(11-38(34,46)36-15(12-39)14-48-18-3-2-4-18)25-19-7-5-16(41)9-22(19)35-28(25)29-26(27)20-8-6-17(42)10-23(20)37(29)33-32(45)31(44)30(43)24(13-40)49-33/h2-10,15,24,30-36,39-45H,11-14H2,1H3. The van der Waals surface area contributed by atoms with Crippen LogP contribution in [0.4, 0.5) is 0 Å². The lowest BCUT2D eigenvalue weighted by Crippen LogP contribution is -2.58. The van der Waals surface area contributed by atoms with Crippen LogP contribution in [0.3, 0.4) is 0 Å². The van der Waals surface area contributed by atoms with Crippen LogP contribution >= 0.6 is 0 Å². The second-order valence-electron chi connectivity index (χ2n) is 12.8. The van der Waals surface area contributed by atoms with Crippen molar-refractivity contribution >= 4 is 43.6 Å². The Labute approximate surface area is 277 Å². The minimum atomic E-state index is -1.70. The van der Waals surface area contributed by atoms with Crippen molar-refractivity contribution in [1.29, 1.82) is 0 Å². The number of hydrogen-bond acceptors (Lipinski definition) is 12. The summed E-state index contributed by atoms with van der Waals surface area (Å²) >= 11 is 0. The summed E-state index contributed by atoms with van der Waals surface area (Å²) in [5.41, 5.74) is 5.94. The number of fused-ring (bicyclic) bond motifs is 10. The zero-order chi connectivity index (χ0) is 34.4. The van der Waals surface area contributed by atoms with Gasteiger partial charge >= 0.3 is 0 Å². The van der Waals surface area contributed by atoms with Gasteiger partial charge in [-0.1, -0.05) is 6.08 Å². The molecule has 8 unspecified atom stereocenters. The van der Waals surface area contributed by atoms with Gasteiger partial charge in [-0.2, -0.15) is 5.43 Å². The van der Waals surface area contributed by atoms with E-state index in [9.17, 15) is 41.0 Å². The number of hydrogen-bond donors (Lipinski definition) is 9. The molecule has 0 bridgehead atoms. The van der Waals surface area contributed by atoms with Crippen molar-refractivity contribution in [2.75, 3.05) is 26.9 Å². The van der Waals surface area contributed by atoms with Crippen molar-refractivity contribution in [3.63, 3.8) is 0 Å². The summed E-state index contributed by atoms with van der Waals surface area (Å²) in [6, 6.07) is 8.62. The van der Waals surface area contributed by atoms with E-state index in [0.29, 0.717) is 60.5 Å². The van der Waals surface area contributed by atoms with Crippen molar-refractivity contribution in [2.24, 2.45) is 0 Å². The van der Waals surface area contributed by atoms with Gasteiger partial charge in [0.05, 0.1) is 40.8 Å². The molecule has 2 aliphatic heterocycles. The lowest BCUT2D eigenvalue weighted by molar-refractivity contribution is -0.982. The topological polar surface area (TPSA) is 225 Å². The second-order valence-corrected chi connectivity index (χ2v) is 12.8. The van der Waals surface area contributed by atoms with E-state index in [-0.39, 0.29) is 24.7 Å². The Morgan fingerprint density at radius 1 is 1.04 bits per heavy atom. The Bertz CT molecular complexity index is 2170. The lowest BCUT2D eigenvalue weighted by Gasteiger charge is -2.44. The number of hydroxylamine groups is 2. The first-order valence-corrected chi connectivity index (χ1v) is 15.9. The van der Waals surface area contributed by atoms with E-state index in [1.165, 1.54) is 25.3 Å². The second kappa shape index (κ2) is 11.7. The van der Waals surface area contributed by atoms with Gasteiger partial charge in [0.1, 0.15) is 60.9 Å². The summed E-state index contributed by atoms with van der Waals surface area (Å²) in [6.07, 6.45) is -3.44. The number of aliphatic hydroxyl groups excluding tert-OH is 5. The number of ether oxygens (including phenoxy) is 3. The summed E-state index contributed by atoms with van der Waals surface area (Å²) in [5.74, 6) is 0.510. The minimum Gasteiger partial charge on any atom is -0.609 e. The van der Waals surface area contributed by atoms with Gasteiger partial charge in [-0.15, -0.1) is 0 Å². The molecule has 5 aromatic rings. The van der Waals surface area contributed by atoms with E-state index in [4.69, 9.17) is 14.2 Å². The fourth-order valence-electron chi connectivity index (χ4n) is 7.61. The van der Waals surface area contributed by atoms with Gasteiger partial charge in [-0.3, -0.25) is 0 Å². The number of rotatable bonds is 9. The highest BCUT2D eigenvalue weighted by atomic mass is 16.7. The molecule has 8 rings (SSSR count). The Morgan fingerprint density at radius 2 is 1.78 bits per heavy atom. The fourth-order valence-corrected chi connectivity index (χ4v) is 7.61. The van der Waals surface area contributed by atoms with Crippen LogP contribution in [0.1, 0.15) is 23.6 Å². The van der Waals surface area contributed by atoms with Crippen molar-refractivity contribution in [1.82, 2.24) is 15.0 Å². The lowest BCUT2D eigenvalue weighted by atomic mass is 9.96. The number of phenols is 2. The SMILES string of the molecule is COC1c2c(c3c4ccc(O)cc4[nH]c3c3c2c2ccc(O)cc2n3C2OC(CO)C(O)C(O)C2O)C[N+]1([O-])NC(CO)COC1=CC=C1. The number of aromatic nitrogens is 2. The molecule has 15 heteroatoms. The van der Waals surface area contributed by atoms with Crippen LogP contribution in [-0.2, 0) is 20.8 Å². The number of nitrogens with zero attached hydrogens (tertiary/aromatic N) is 2. The van der Waals surface area contributed by atoms with Crippen LogP contribution in [0.25, 0.3) is 43.6 Å². The van der Waals surface area contributed by atoms with Crippen LogP contribution in [0.2, 0.25) is 0 Å². The Kier molecular flexibility index (Phi) is 7.62. The van der Waals surface area contributed by atoms with Gasteiger partial charge in [0.15, 0.2) is 6.23 Å². The highest BCUT2D eigenvalue weighted by Crippen LogP contribution is 2.52. The molecule has 0 spiro atoms. The molecule has 49 heavy (non-hydrogen) atoms. The van der Waals surface area contributed by atoms with E-state index in [2.05, 4.69) is 10.4 Å². The van der Waals surface area contributed by atoms with Crippen LogP contribution in [-0.4, -0.2) is 107 Å². The van der Waals surface area contributed by atoms with Crippen molar-refractivity contribution < 1.29 is 54.7 Å². The molecule has 258 valence electrons. The van der Waals surface area contributed by atoms with E-state index >= 15 is 0 Å². The third kappa shape index (κ3) is 4.74. The van der Waals surface area contributed by atoms with Gasteiger partial charge in [-0.05, 0) is 36.4 Å². The van der Waals surface area contributed by atoms with E-state index in [1.54, 1.807) is 34.9 Å². The maximum atomic E-state index is 15.0. The number of nitrogens with one attached hydrogen (secondary N) is 2. The first-order chi connectivity index (χ1) is 23.6. The molecule has 15 nitrogen and oxygen atoms in total. The summed E-state index contributed by atoms with van der Waals surface area (Å²) in [4.78, 5) is 3.38. The quantitative estimate of drug-likeness (QED) is 0.0802. The van der Waals surface area contributed by atoms with E-state index in [1.807, 2.05) is 6.08 Å². The molecule has 2 aromatic heterocycles. The Hall–Kier alpha value is -4.26. The number of allylic oxidation sites excluding steroid dienone is 3. The number of quaternary nitrogens is 1. The van der Waals surface area contributed by atoms with Gasteiger partial charge in [0, 0.05) is 46.4 Å². The van der Waals surface area contributed by atoms with Crippen molar-refractivity contribution in [2.45, 2.75) is 49.5 Å². The number of phenolic OH excluding ortho intramolecular Hbond substituents is 2. The molecule has 8 atom stereocenters. The number of H-pyrrole nitrogens is 1. The zero-order valence-corrected chi connectivity index (χ0v) is 26.2. The van der Waals surface area contributed by atoms with Crippen molar-refractivity contribution in [3.05, 3.63) is 76.7 Å². The largest absolute Gasteiger partial charge is 0.609 e. The number of aromatic hydroxyl groups is 2. The van der Waals surface area contributed by atoms with Crippen LogP contribution in [0.5, 0.6) is 11.5 Å². The maximum Gasteiger partial charge on any atom is 0.238 e. The summed E-state index contributed by atoms with van der Waals surface area (Å²) in [5, 5.41) is 91.5. The predicted molar refractivity (Wildman–Crippen MR) is 175 cm³/mol. The van der Waals surface area contributed by atoms with Crippen LogP contribution in [0.15, 0.2) is 60.4 Å². The molecule has 3 aromatic carbocycles. The minimum absolute atomic E-state index is 0.000979. The zero-order valence-electron chi connectivity index (χ0n) is 26.2. The molecule has 3 aliphatic rings. The third-order valence-electron chi connectivity index (χ3n) is 9.86. The third-order valence-corrected chi connectivity index (χ3v) is 9.86. The molecule has 9 N–H and O–H groups in total. The number of benzene rings is 3. The molecule has 0 amide bonds. The molecule has 0 saturated carbocycles. The smallest absolute Gasteiger partial charge is 0.238 e. The number of aliphatic hydroxyl groups is 5. The van der Waals surface area contributed by atoms with E-state index in [0.717, 1.165) is 0 Å². The van der Waals surface area contributed by atoms with Gasteiger partial charge in [-0.25, -0.2) is 4.76 Å². The Balaban J connectivity index is 1.42. The first-order valence-electron chi connectivity index (χ1n) is 15.9. The molecular weight excluding hydrogens is 640 g/mol. The molecule has 1 aliphatic carbocycles. The monoisotopic (exact) mass is 676 g/mol. The average Bonchev–Trinajstić information content (AvgIpc) is 3.69. The maximum absolute atomic E-state index is 15.0. The van der Waals surface area contributed by atoms with E-state index < -0.39 is 60.9 Å². The summed E-state index contributed by atoms with van der Waals surface area (Å²) < 4.78 is 18.2.